The average Bonchev–Trinajstić information content (AvgIpc) is 3.16. The van der Waals surface area contributed by atoms with Gasteiger partial charge < -0.3 is 14.8 Å². The summed E-state index contributed by atoms with van der Waals surface area (Å²) in [4.78, 5) is 20.9. The first-order chi connectivity index (χ1) is 14.7. The van der Waals surface area contributed by atoms with Crippen molar-refractivity contribution >= 4 is 27.5 Å². The Hall–Kier alpha value is -2.48. The minimum atomic E-state index is -0.137. The lowest BCUT2D eigenvalue weighted by molar-refractivity contribution is -0.0304. The van der Waals surface area contributed by atoms with Crippen LogP contribution >= 0.6 is 11.3 Å². The third kappa shape index (κ3) is 4.64. The van der Waals surface area contributed by atoms with E-state index in [1.807, 2.05) is 24.3 Å². The number of nitrogens with zero attached hydrogens (tertiary/aromatic N) is 2. The predicted molar refractivity (Wildman–Crippen MR) is 119 cm³/mol. The lowest BCUT2D eigenvalue weighted by atomic mass is 10.0. The molecule has 0 bridgehead atoms. The zero-order valence-corrected chi connectivity index (χ0v) is 18.2. The molecule has 7 heteroatoms. The first kappa shape index (κ1) is 20.8. The van der Waals surface area contributed by atoms with Crippen molar-refractivity contribution in [3.8, 4) is 5.75 Å². The van der Waals surface area contributed by atoms with Crippen LogP contribution in [-0.2, 0) is 4.74 Å². The zero-order valence-electron chi connectivity index (χ0n) is 17.4. The smallest absolute Gasteiger partial charge is 0.261 e. The van der Waals surface area contributed by atoms with Crippen LogP contribution in [0.4, 0.5) is 0 Å². The second-order valence-electron chi connectivity index (χ2n) is 7.46. The molecule has 1 saturated heterocycles. The fraction of sp³-hybridized carbons (Fsp3) is 0.391. The van der Waals surface area contributed by atoms with Gasteiger partial charge in [-0.2, -0.15) is 0 Å². The van der Waals surface area contributed by atoms with E-state index in [0.717, 1.165) is 47.6 Å². The second-order valence-corrected chi connectivity index (χ2v) is 8.46. The zero-order chi connectivity index (χ0) is 20.9. The van der Waals surface area contributed by atoms with Crippen molar-refractivity contribution in [1.29, 1.82) is 0 Å². The molecule has 0 unspecified atom stereocenters. The summed E-state index contributed by atoms with van der Waals surface area (Å²) in [7, 11) is 1.66. The highest BCUT2D eigenvalue weighted by molar-refractivity contribution is 7.20. The number of aromatic nitrogens is 1. The van der Waals surface area contributed by atoms with Crippen molar-refractivity contribution < 1.29 is 14.3 Å². The van der Waals surface area contributed by atoms with Gasteiger partial charge in [0.15, 0.2) is 0 Å². The van der Waals surface area contributed by atoms with Gasteiger partial charge in [0.25, 0.3) is 5.91 Å². The highest BCUT2D eigenvalue weighted by Gasteiger charge is 2.29. The minimum absolute atomic E-state index is 0.0831. The van der Waals surface area contributed by atoms with Crippen molar-refractivity contribution in [2.45, 2.75) is 19.4 Å². The summed E-state index contributed by atoms with van der Waals surface area (Å²) < 4.78 is 12.0. The van der Waals surface area contributed by atoms with Gasteiger partial charge in [-0.3, -0.25) is 9.69 Å². The number of carbonyl (C=O) groups excluding carboxylic acids is 1. The highest BCUT2D eigenvalue weighted by Crippen LogP contribution is 2.37. The molecule has 1 amide bonds. The number of carbonyl (C=O) groups is 1. The standard InChI is InChI=1S/C23H27N3O3S/c1-16-6-3-7-17(14-16)28-12-5-10-26-11-13-29-19(15-26)20-18-8-4-9-25-23(18)30-21(20)22(27)24-2/h3-4,6-9,14,19H,5,10-13,15H2,1-2H3,(H,24,27)/t19-/m1/s1. The van der Waals surface area contributed by atoms with E-state index in [9.17, 15) is 4.79 Å². The van der Waals surface area contributed by atoms with Crippen LogP contribution < -0.4 is 10.1 Å². The number of ether oxygens (including phenoxy) is 2. The number of benzene rings is 1. The Kier molecular flexibility index (Phi) is 6.62. The number of pyridine rings is 1. The van der Waals surface area contributed by atoms with E-state index in [2.05, 4.69) is 34.3 Å². The number of rotatable bonds is 7. The number of nitrogens with one attached hydrogen (secondary N) is 1. The highest BCUT2D eigenvalue weighted by atomic mass is 32.1. The van der Waals surface area contributed by atoms with Crippen molar-refractivity contribution in [2.24, 2.45) is 0 Å². The Morgan fingerprint density at radius 3 is 3.10 bits per heavy atom. The van der Waals surface area contributed by atoms with Gasteiger partial charge in [-0.1, -0.05) is 18.2 Å². The fourth-order valence-electron chi connectivity index (χ4n) is 3.82. The number of hydrogen-bond acceptors (Lipinski definition) is 6. The van der Waals surface area contributed by atoms with Crippen LogP contribution in [0.5, 0.6) is 5.75 Å². The van der Waals surface area contributed by atoms with E-state index in [4.69, 9.17) is 9.47 Å². The molecule has 30 heavy (non-hydrogen) atoms. The maximum absolute atomic E-state index is 12.5. The molecule has 0 spiro atoms. The van der Waals surface area contributed by atoms with Gasteiger partial charge in [-0.25, -0.2) is 4.98 Å². The molecule has 2 aromatic heterocycles. The number of fused-ring (bicyclic) bond motifs is 1. The molecule has 3 heterocycles. The summed E-state index contributed by atoms with van der Waals surface area (Å²) in [5.74, 6) is 0.836. The molecule has 1 aliphatic heterocycles. The number of aryl methyl sites for hydroxylation is 1. The summed E-state index contributed by atoms with van der Waals surface area (Å²) >= 11 is 1.43. The molecule has 1 N–H and O–H groups in total. The first-order valence-corrected chi connectivity index (χ1v) is 11.1. The fourth-order valence-corrected chi connectivity index (χ4v) is 4.96. The molecular weight excluding hydrogens is 398 g/mol. The van der Waals surface area contributed by atoms with Gasteiger partial charge in [0.2, 0.25) is 0 Å². The van der Waals surface area contributed by atoms with Gasteiger partial charge in [0.1, 0.15) is 15.5 Å². The Labute approximate surface area is 180 Å². The molecule has 1 aliphatic rings. The van der Waals surface area contributed by atoms with Crippen molar-refractivity contribution in [3.63, 3.8) is 0 Å². The summed E-state index contributed by atoms with van der Waals surface area (Å²) in [6.07, 6.45) is 2.56. The number of thiophene rings is 1. The molecule has 0 radical (unpaired) electrons. The molecule has 158 valence electrons. The predicted octanol–water partition coefficient (Wildman–Crippen LogP) is 3.81. The normalized spacial score (nSPS) is 17.2. The maximum atomic E-state index is 12.5. The van der Waals surface area contributed by atoms with Crippen LogP contribution in [0.1, 0.15) is 33.3 Å². The number of hydrogen-bond donors (Lipinski definition) is 1. The van der Waals surface area contributed by atoms with Crippen LogP contribution in [0.3, 0.4) is 0 Å². The van der Waals surface area contributed by atoms with Gasteiger partial charge >= 0.3 is 0 Å². The van der Waals surface area contributed by atoms with Gasteiger partial charge in [0, 0.05) is 43.8 Å². The molecule has 4 rings (SSSR count). The van der Waals surface area contributed by atoms with Crippen LogP contribution in [0.2, 0.25) is 0 Å². The van der Waals surface area contributed by atoms with Crippen LogP contribution in [0.15, 0.2) is 42.6 Å². The molecule has 3 aromatic rings. The van der Waals surface area contributed by atoms with Gasteiger partial charge in [-0.15, -0.1) is 11.3 Å². The Morgan fingerprint density at radius 1 is 1.37 bits per heavy atom. The number of amides is 1. The molecule has 6 nitrogen and oxygen atoms in total. The summed E-state index contributed by atoms with van der Waals surface area (Å²) in [5.41, 5.74) is 2.16. The largest absolute Gasteiger partial charge is 0.494 e. The van der Waals surface area contributed by atoms with E-state index in [1.54, 1.807) is 13.2 Å². The van der Waals surface area contributed by atoms with E-state index in [0.29, 0.717) is 18.1 Å². The minimum Gasteiger partial charge on any atom is -0.494 e. The van der Waals surface area contributed by atoms with Crippen molar-refractivity contribution in [1.82, 2.24) is 15.2 Å². The maximum Gasteiger partial charge on any atom is 0.261 e. The SMILES string of the molecule is CNC(=O)c1sc2ncccc2c1[C@H]1CN(CCCOc2cccc(C)c2)CCO1. The summed E-state index contributed by atoms with van der Waals surface area (Å²) in [6, 6.07) is 12.1. The van der Waals surface area contributed by atoms with Crippen molar-refractivity contribution in [2.75, 3.05) is 39.9 Å². The van der Waals surface area contributed by atoms with E-state index in [1.165, 1.54) is 16.9 Å². The van der Waals surface area contributed by atoms with Crippen LogP contribution in [-0.4, -0.2) is 55.7 Å². The second kappa shape index (κ2) is 9.55. The third-order valence-corrected chi connectivity index (χ3v) is 6.42. The first-order valence-electron chi connectivity index (χ1n) is 10.3. The van der Waals surface area contributed by atoms with E-state index < -0.39 is 0 Å². The molecule has 0 saturated carbocycles. The van der Waals surface area contributed by atoms with Crippen LogP contribution in [0.25, 0.3) is 10.2 Å². The monoisotopic (exact) mass is 425 g/mol. The lowest BCUT2D eigenvalue weighted by Gasteiger charge is -2.33. The Bertz CT molecular complexity index is 1020. The quantitative estimate of drug-likeness (QED) is 0.583. The average molecular weight is 426 g/mol. The van der Waals surface area contributed by atoms with Crippen LogP contribution in [0, 0.1) is 6.92 Å². The molecule has 1 atom stereocenters. The molecular formula is C23H27N3O3S. The van der Waals surface area contributed by atoms with Gasteiger partial charge in [0.05, 0.1) is 19.3 Å². The Morgan fingerprint density at radius 2 is 2.27 bits per heavy atom. The van der Waals surface area contributed by atoms with Crippen molar-refractivity contribution in [3.05, 3.63) is 58.6 Å². The molecule has 0 aliphatic carbocycles. The molecule has 1 fully saturated rings. The Balaban J connectivity index is 1.41. The molecule has 1 aromatic carbocycles. The lowest BCUT2D eigenvalue weighted by Crippen LogP contribution is -2.39. The summed E-state index contributed by atoms with van der Waals surface area (Å²) in [6.45, 7) is 5.97. The number of morpholine rings is 1. The third-order valence-electron chi connectivity index (χ3n) is 5.29. The topological polar surface area (TPSA) is 63.7 Å². The van der Waals surface area contributed by atoms with Gasteiger partial charge in [-0.05, 0) is 37.1 Å². The van der Waals surface area contributed by atoms with E-state index >= 15 is 0 Å². The van der Waals surface area contributed by atoms with E-state index in [-0.39, 0.29) is 12.0 Å². The summed E-state index contributed by atoms with van der Waals surface area (Å²) in [5, 5.41) is 3.76.